The molecule has 0 aromatic heterocycles. The molecular formula is C25H27N3O6. The first-order valence-electron chi connectivity index (χ1n) is 10.7. The van der Waals surface area contributed by atoms with Crippen molar-refractivity contribution in [2.45, 2.75) is 32.9 Å². The molecule has 34 heavy (non-hydrogen) atoms. The molecular weight excluding hydrogens is 438 g/mol. The van der Waals surface area contributed by atoms with Crippen LogP contribution in [0.4, 0.5) is 0 Å². The van der Waals surface area contributed by atoms with Gasteiger partial charge in [-0.1, -0.05) is 30.3 Å². The van der Waals surface area contributed by atoms with Gasteiger partial charge < -0.3 is 15.0 Å². The van der Waals surface area contributed by atoms with Crippen molar-refractivity contribution >= 4 is 29.6 Å². The predicted octanol–water partition coefficient (Wildman–Crippen LogP) is 2.01. The first-order chi connectivity index (χ1) is 16.0. The zero-order valence-corrected chi connectivity index (χ0v) is 19.6. The first kappa shape index (κ1) is 24.6. The van der Waals surface area contributed by atoms with Crippen LogP contribution in [0.5, 0.6) is 0 Å². The van der Waals surface area contributed by atoms with Crippen LogP contribution < -0.4 is 5.32 Å². The summed E-state index contributed by atoms with van der Waals surface area (Å²) in [5.41, 5.74) is 0.727. The van der Waals surface area contributed by atoms with Gasteiger partial charge in [-0.25, -0.2) is 4.79 Å². The lowest BCUT2D eigenvalue weighted by molar-refractivity contribution is -0.137. The van der Waals surface area contributed by atoms with Gasteiger partial charge in [-0.15, -0.1) is 0 Å². The first-order valence-corrected chi connectivity index (χ1v) is 10.7. The van der Waals surface area contributed by atoms with Gasteiger partial charge in [0.2, 0.25) is 5.91 Å². The molecule has 4 amide bonds. The lowest BCUT2D eigenvalue weighted by Crippen LogP contribution is -2.46. The van der Waals surface area contributed by atoms with Gasteiger partial charge in [0.1, 0.15) is 0 Å². The van der Waals surface area contributed by atoms with Crippen molar-refractivity contribution in [3.8, 4) is 0 Å². The Morgan fingerprint density at radius 3 is 2.26 bits per heavy atom. The SMILES string of the molecule is CN(CC(=O)NC(C)(C)C)C(=O)COC(=O)c1ccc2c(c1)C(=O)N(Cc1ccccc1)C2=O. The number of likely N-dealkylation sites (N-methyl/N-ethyl adjacent to an activating group) is 1. The van der Waals surface area contributed by atoms with E-state index in [1.165, 1.54) is 25.2 Å². The Hall–Kier alpha value is -4.01. The summed E-state index contributed by atoms with van der Waals surface area (Å²) in [7, 11) is 1.43. The standard InChI is InChI=1S/C25H27N3O6/c1-25(2,3)26-20(29)14-27(4)21(30)15-34-24(33)17-10-11-18-19(12-17)23(32)28(22(18)31)13-16-8-6-5-7-9-16/h5-12H,13-15H2,1-4H3,(H,26,29). The molecule has 0 saturated carbocycles. The molecule has 2 aromatic rings. The third-order valence-electron chi connectivity index (χ3n) is 5.04. The summed E-state index contributed by atoms with van der Waals surface area (Å²) in [6, 6.07) is 13.2. The molecule has 0 bridgehead atoms. The monoisotopic (exact) mass is 465 g/mol. The third kappa shape index (κ3) is 5.86. The van der Waals surface area contributed by atoms with Crippen LogP contribution in [-0.2, 0) is 20.9 Å². The second kappa shape index (κ2) is 9.86. The molecule has 0 unspecified atom stereocenters. The molecule has 0 radical (unpaired) electrons. The molecule has 2 aromatic carbocycles. The average Bonchev–Trinajstić information content (AvgIpc) is 3.00. The Morgan fingerprint density at radius 1 is 0.971 bits per heavy atom. The van der Waals surface area contributed by atoms with Crippen molar-refractivity contribution in [2.24, 2.45) is 0 Å². The van der Waals surface area contributed by atoms with Gasteiger partial charge in [-0.05, 0) is 44.5 Å². The Bertz CT molecular complexity index is 1140. The van der Waals surface area contributed by atoms with E-state index in [2.05, 4.69) is 5.32 Å². The number of imide groups is 1. The van der Waals surface area contributed by atoms with Crippen molar-refractivity contribution in [1.82, 2.24) is 15.1 Å². The number of nitrogens with zero attached hydrogens (tertiary/aromatic N) is 2. The lowest BCUT2D eigenvalue weighted by Gasteiger charge is -2.23. The summed E-state index contributed by atoms with van der Waals surface area (Å²) >= 11 is 0. The molecule has 9 nitrogen and oxygen atoms in total. The number of carbonyl (C=O) groups excluding carboxylic acids is 5. The van der Waals surface area contributed by atoms with E-state index < -0.39 is 35.8 Å². The number of benzene rings is 2. The highest BCUT2D eigenvalue weighted by Crippen LogP contribution is 2.26. The highest BCUT2D eigenvalue weighted by Gasteiger charge is 2.36. The van der Waals surface area contributed by atoms with E-state index in [4.69, 9.17) is 4.74 Å². The van der Waals surface area contributed by atoms with Gasteiger partial charge in [0.05, 0.1) is 29.8 Å². The lowest BCUT2D eigenvalue weighted by atomic mass is 10.1. The molecule has 1 aliphatic heterocycles. The normalized spacial score (nSPS) is 12.9. The summed E-state index contributed by atoms with van der Waals surface area (Å²) < 4.78 is 5.07. The van der Waals surface area contributed by atoms with Gasteiger partial charge in [-0.2, -0.15) is 0 Å². The minimum Gasteiger partial charge on any atom is -0.452 e. The maximum atomic E-state index is 12.8. The van der Waals surface area contributed by atoms with E-state index in [0.717, 1.165) is 15.4 Å². The zero-order valence-electron chi connectivity index (χ0n) is 19.6. The van der Waals surface area contributed by atoms with Crippen molar-refractivity contribution < 1.29 is 28.7 Å². The van der Waals surface area contributed by atoms with Crippen LogP contribution in [0.1, 0.15) is 57.4 Å². The van der Waals surface area contributed by atoms with Crippen molar-refractivity contribution in [3.05, 3.63) is 70.8 Å². The van der Waals surface area contributed by atoms with Crippen LogP contribution in [0, 0.1) is 0 Å². The quantitative estimate of drug-likeness (QED) is 0.494. The minimum absolute atomic E-state index is 0.0439. The fourth-order valence-electron chi connectivity index (χ4n) is 3.41. The van der Waals surface area contributed by atoms with Gasteiger partial charge in [0, 0.05) is 12.6 Å². The molecule has 1 heterocycles. The number of nitrogens with one attached hydrogen (secondary N) is 1. The largest absolute Gasteiger partial charge is 0.452 e. The Kier molecular flexibility index (Phi) is 7.14. The van der Waals surface area contributed by atoms with E-state index in [1.54, 1.807) is 0 Å². The summed E-state index contributed by atoms with van der Waals surface area (Å²) in [4.78, 5) is 64.4. The number of rotatable bonds is 7. The van der Waals surface area contributed by atoms with E-state index in [1.807, 2.05) is 51.1 Å². The maximum absolute atomic E-state index is 12.8. The smallest absolute Gasteiger partial charge is 0.338 e. The molecule has 0 spiro atoms. The Morgan fingerprint density at radius 2 is 1.62 bits per heavy atom. The number of fused-ring (bicyclic) bond motifs is 1. The molecule has 0 atom stereocenters. The van der Waals surface area contributed by atoms with E-state index in [0.29, 0.717) is 0 Å². The second-order valence-corrected chi connectivity index (χ2v) is 9.07. The van der Waals surface area contributed by atoms with Crippen LogP contribution in [0.25, 0.3) is 0 Å². The second-order valence-electron chi connectivity index (χ2n) is 9.07. The number of hydrogen-bond donors (Lipinski definition) is 1. The summed E-state index contributed by atoms with van der Waals surface area (Å²) in [6.45, 7) is 4.85. The Labute approximate surface area is 197 Å². The van der Waals surface area contributed by atoms with Gasteiger partial charge >= 0.3 is 5.97 Å². The van der Waals surface area contributed by atoms with E-state index >= 15 is 0 Å². The van der Waals surface area contributed by atoms with Crippen molar-refractivity contribution in [1.29, 1.82) is 0 Å². The van der Waals surface area contributed by atoms with Gasteiger partial charge in [0.25, 0.3) is 17.7 Å². The molecule has 178 valence electrons. The van der Waals surface area contributed by atoms with Gasteiger partial charge in [0.15, 0.2) is 6.61 Å². The topological polar surface area (TPSA) is 113 Å². The minimum atomic E-state index is -0.814. The third-order valence-corrected chi connectivity index (χ3v) is 5.04. The van der Waals surface area contributed by atoms with Crippen molar-refractivity contribution in [3.63, 3.8) is 0 Å². The maximum Gasteiger partial charge on any atom is 0.338 e. The molecule has 0 fully saturated rings. The molecule has 0 aliphatic carbocycles. The molecule has 9 heteroatoms. The summed E-state index contributed by atoms with van der Waals surface area (Å²) in [5, 5.41) is 2.74. The number of esters is 1. The molecule has 1 aliphatic rings. The van der Waals surface area contributed by atoms with Crippen molar-refractivity contribution in [2.75, 3.05) is 20.2 Å². The van der Waals surface area contributed by atoms with Crippen LogP contribution in [0.15, 0.2) is 48.5 Å². The summed E-state index contributed by atoms with van der Waals surface area (Å²) in [5.74, 6) is -2.64. The highest BCUT2D eigenvalue weighted by atomic mass is 16.5. The fourth-order valence-corrected chi connectivity index (χ4v) is 3.41. The summed E-state index contributed by atoms with van der Waals surface area (Å²) in [6.07, 6.45) is 0. The number of ether oxygens (including phenoxy) is 1. The highest BCUT2D eigenvalue weighted by molar-refractivity contribution is 6.21. The zero-order chi connectivity index (χ0) is 25.0. The van der Waals surface area contributed by atoms with Crippen LogP contribution in [0.2, 0.25) is 0 Å². The van der Waals surface area contributed by atoms with Crippen LogP contribution in [0.3, 0.4) is 0 Å². The average molecular weight is 466 g/mol. The number of carbonyl (C=O) groups is 5. The number of hydrogen-bond acceptors (Lipinski definition) is 6. The molecule has 3 rings (SSSR count). The van der Waals surface area contributed by atoms with Crippen LogP contribution >= 0.6 is 0 Å². The van der Waals surface area contributed by atoms with E-state index in [-0.39, 0.29) is 35.7 Å². The predicted molar refractivity (Wildman–Crippen MR) is 123 cm³/mol. The fraction of sp³-hybridized carbons (Fsp3) is 0.320. The molecule has 1 N–H and O–H groups in total. The van der Waals surface area contributed by atoms with E-state index in [9.17, 15) is 24.0 Å². The molecule has 0 saturated heterocycles. The van der Waals surface area contributed by atoms with Crippen LogP contribution in [-0.4, -0.2) is 65.1 Å². The van der Waals surface area contributed by atoms with Gasteiger partial charge in [-0.3, -0.25) is 24.1 Å². The Balaban J connectivity index is 1.60. The number of amides is 4.